The van der Waals surface area contributed by atoms with Crippen LogP contribution in [-0.4, -0.2) is 48.1 Å². The molecule has 0 radical (unpaired) electrons. The zero-order valence-electron chi connectivity index (χ0n) is 12.4. The van der Waals surface area contributed by atoms with Gasteiger partial charge in [0, 0.05) is 24.4 Å². The molecule has 2 fully saturated rings. The van der Waals surface area contributed by atoms with E-state index in [1.54, 1.807) is 0 Å². The molecule has 0 saturated carbocycles. The van der Waals surface area contributed by atoms with Gasteiger partial charge in [-0.05, 0) is 50.4 Å². The van der Waals surface area contributed by atoms with Crippen molar-refractivity contribution in [2.75, 3.05) is 31.1 Å². The van der Waals surface area contributed by atoms with Crippen molar-refractivity contribution in [3.05, 3.63) is 0 Å². The monoisotopic (exact) mass is 270 g/mol. The molecule has 2 rings (SSSR count). The standard InChI is InChI=1S/C15H30N2S/c1-13(17-8-5-4-6-9-17)11-16-14-12-18-10-7-15(14,2)3/h13-14,16H,4-12H2,1-3H3. The van der Waals surface area contributed by atoms with Gasteiger partial charge in [-0.25, -0.2) is 0 Å². The van der Waals surface area contributed by atoms with Crippen LogP contribution in [0.4, 0.5) is 0 Å². The second kappa shape index (κ2) is 6.62. The first-order valence-corrected chi connectivity index (χ1v) is 8.80. The topological polar surface area (TPSA) is 15.3 Å². The molecular weight excluding hydrogens is 240 g/mol. The highest BCUT2D eigenvalue weighted by molar-refractivity contribution is 7.99. The summed E-state index contributed by atoms with van der Waals surface area (Å²) in [5.74, 6) is 2.63. The number of piperidine rings is 1. The Morgan fingerprint density at radius 1 is 1.28 bits per heavy atom. The number of rotatable bonds is 4. The first-order valence-electron chi connectivity index (χ1n) is 7.65. The fraction of sp³-hybridized carbons (Fsp3) is 1.00. The summed E-state index contributed by atoms with van der Waals surface area (Å²) in [6.45, 7) is 11.0. The van der Waals surface area contributed by atoms with Crippen LogP contribution in [0.3, 0.4) is 0 Å². The zero-order chi connectivity index (χ0) is 13.0. The molecule has 2 aliphatic rings. The van der Waals surface area contributed by atoms with Crippen LogP contribution in [0, 0.1) is 5.41 Å². The van der Waals surface area contributed by atoms with Crippen LogP contribution < -0.4 is 5.32 Å². The molecule has 0 aliphatic carbocycles. The van der Waals surface area contributed by atoms with Gasteiger partial charge in [-0.2, -0.15) is 11.8 Å². The molecule has 2 nitrogen and oxygen atoms in total. The van der Waals surface area contributed by atoms with Crippen molar-refractivity contribution in [1.82, 2.24) is 10.2 Å². The number of likely N-dealkylation sites (tertiary alicyclic amines) is 1. The summed E-state index contributed by atoms with van der Waals surface area (Å²) < 4.78 is 0. The van der Waals surface area contributed by atoms with E-state index < -0.39 is 0 Å². The third-order valence-electron chi connectivity index (χ3n) is 4.79. The zero-order valence-corrected chi connectivity index (χ0v) is 13.2. The van der Waals surface area contributed by atoms with Gasteiger partial charge in [-0.1, -0.05) is 20.3 Å². The van der Waals surface area contributed by atoms with Gasteiger partial charge in [-0.15, -0.1) is 0 Å². The average molecular weight is 270 g/mol. The lowest BCUT2D eigenvalue weighted by molar-refractivity contribution is 0.157. The van der Waals surface area contributed by atoms with E-state index in [0.717, 1.165) is 6.54 Å². The van der Waals surface area contributed by atoms with E-state index in [-0.39, 0.29) is 0 Å². The summed E-state index contributed by atoms with van der Waals surface area (Å²) in [6, 6.07) is 1.40. The smallest absolute Gasteiger partial charge is 0.0210 e. The van der Waals surface area contributed by atoms with Gasteiger partial charge in [0.25, 0.3) is 0 Å². The first-order chi connectivity index (χ1) is 8.59. The van der Waals surface area contributed by atoms with Crippen LogP contribution in [0.25, 0.3) is 0 Å². The van der Waals surface area contributed by atoms with Gasteiger partial charge in [0.05, 0.1) is 0 Å². The highest BCUT2D eigenvalue weighted by atomic mass is 32.2. The normalized spacial score (nSPS) is 31.2. The Morgan fingerprint density at radius 3 is 2.67 bits per heavy atom. The Kier molecular flexibility index (Phi) is 5.40. The third kappa shape index (κ3) is 3.88. The van der Waals surface area contributed by atoms with Crippen LogP contribution in [0.15, 0.2) is 0 Å². The molecule has 2 saturated heterocycles. The molecule has 0 spiro atoms. The van der Waals surface area contributed by atoms with Crippen molar-refractivity contribution in [3.8, 4) is 0 Å². The van der Waals surface area contributed by atoms with E-state index in [2.05, 4.69) is 42.7 Å². The maximum absolute atomic E-state index is 3.85. The minimum absolute atomic E-state index is 0.479. The minimum atomic E-state index is 0.479. The maximum atomic E-state index is 3.85. The van der Waals surface area contributed by atoms with Crippen LogP contribution in [0.2, 0.25) is 0 Å². The summed E-state index contributed by atoms with van der Waals surface area (Å²) in [4.78, 5) is 2.67. The summed E-state index contributed by atoms with van der Waals surface area (Å²) in [5, 5.41) is 3.85. The Balaban J connectivity index is 1.75. The van der Waals surface area contributed by atoms with Crippen molar-refractivity contribution in [2.45, 2.75) is 58.5 Å². The summed E-state index contributed by atoms with van der Waals surface area (Å²) in [6.07, 6.45) is 5.58. The Bertz CT molecular complexity index is 249. The number of thioether (sulfide) groups is 1. The fourth-order valence-corrected chi connectivity index (χ4v) is 4.71. The lowest BCUT2D eigenvalue weighted by atomic mass is 9.82. The third-order valence-corrected chi connectivity index (χ3v) is 5.85. The van der Waals surface area contributed by atoms with Crippen LogP contribution in [0.1, 0.15) is 46.5 Å². The summed E-state index contributed by atoms with van der Waals surface area (Å²) in [7, 11) is 0. The maximum Gasteiger partial charge on any atom is 0.0210 e. The van der Waals surface area contributed by atoms with E-state index in [1.807, 2.05) is 0 Å². The summed E-state index contributed by atoms with van der Waals surface area (Å²) >= 11 is 2.12. The molecule has 0 bridgehead atoms. The van der Waals surface area contributed by atoms with Gasteiger partial charge in [0.2, 0.25) is 0 Å². The lowest BCUT2D eigenvalue weighted by Crippen LogP contribution is -2.51. The number of nitrogens with zero attached hydrogens (tertiary/aromatic N) is 1. The molecule has 2 aliphatic heterocycles. The number of hydrogen-bond acceptors (Lipinski definition) is 3. The largest absolute Gasteiger partial charge is 0.311 e. The van der Waals surface area contributed by atoms with Crippen molar-refractivity contribution < 1.29 is 0 Å². The predicted octanol–water partition coefficient (Wildman–Crippen LogP) is 2.98. The van der Waals surface area contributed by atoms with E-state index in [9.17, 15) is 0 Å². The molecule has 0 aromatic heterocycles. The van der Waals surface area contributed by atoms with E-state index >= 15 is 0 Å². The summed E-state index contributed by atoms with van der Waals surface area (Å²) in [5.41, 5.74) is 0.479. The molecule has 0 amide bonds. The highest BCUT2D eigenvalue weighted by Crippen LogP contribution is 2.34. The van der Waals surface area contributed by atoms with E-state index in [1.165, 1.54) is 50.3 Å². The molecule has 3 heteroatoms. The van der Waals surface area contributed by atoms with Crippen molar-refractivity contribution in [3.63, 3.8) is 0 Å². The van der Waals surface area contributed by atoms with Gasteiger partial charge in [-0.3, -0.25) is 4.90 Å². The Labute approximate surface area is 117 Å². The Morgan fingerprint density at radius 2 is 2.00 bits per heavy atom. The van der Waals surface area contributed by atoms with Gasteiger partial charge < -0.3 is 5.32 Å². The van der Waals surface area contributed by atoms with Gasteiger partial charge in [0.15, 0.2) is 0 Å². The molecule has 2 heterocycles. The second-order valence-electron chi connectivity index (χ2n) is 6.72. The lowest BCUT2D eigenvalue weighted by Gasteiger charge is -2.40. The van der Waals surface area contributed by atoms with Crippen LogP contribution in [-0.2, 0) is 0 Å². The molecule has 0 aromatic carbocycles. The molecule has 106 valence electrons. The number of nitrogens with one attached hydrogen (secondary N) is 1. The quantitative estimate of drug-likeness (QED) is 0.845. The van der Waals surface area contributed by atoms with E-state index in [0.29, 0.717) is 17.5 Å². The van der Waals surface area contributed by atoms with Gasteiger partial charge in [0.1, 0.15) is 0 Å². The fourth-order valence-electron chi connectivity index (χ4n) is 3.07. The Hall–Kier alpha value is 0.270. The van der Waals surface area contributed by atoms with Crippen LogP contribution >= 0.6 is 11.8 Å². The molecule has 0 aromatic rings. The molecule has 2 unspecified atom stereocenters. The van der Waals surface area contributed by atoms with E-state index in [4.69, 9.17) is 0 Å². The first kappa shape index (κ1) is 14.7. The minimum Gasteiger partial charge on any atom is -0.311 e. The van der Waals surface area contributed by atoms with Crippen LogP contribution in [0.5, 0.6) is 0 Å². The molecule has 2 atom stereocenters. The van der Waals surface area contributed by atoms with Gasteiger partial charge >= 0.3 is 0 Å². The van der Waals surface area contributed by atoms with Crippen molar-refractivity contribution >= 4 is 11.8 Å². The molecule has 1 N–H and O–H groups in total. The number of hydrogen-bond donors (Lipinski definition) is 1. The molecular formula is C15H30N2S. The predicted molar refractivity (Wildman–Crippen MR) is 82.4 cm³/mol. The SMILES string of the molecule is CC(CNC1CSCCC1(C)C)N1CCCCC1. The highest BCUT2D eigenvalue weighted by Gasteiger charge is 2.32. The van der Waals surface area contributed by atoms with Crippen molar-refractivity contribution in [1.29, 1.82) is 0 Å². The average Bonchev–Trinajstić information content (AvgIpc) is 2.38. The van der Waals surface area contributed by atoms with Crippen molar-refractivity contribution in [2.24, 2.45) is 5.41 Å². The molecule has 18 heavy (non-hydrogen) atoms. The second-order valence-corrected chi connectivity index (χ2v) is 7.87.